The number of rotatable bonds is 6. The number of thiophene rings is 1. The Labute approximate surface area is 145 Å². The van der Waals surface area contributed by atoms with Crippen LogP contribution in [0.15, 0.2) is 30.3 Å². The molecule has 1 aromatic carbocycles. The summed E-state index contributed by atoms with van der Waals surface area (Å²) in [6.07, 6.45) is 4.02. The summed E-state index contributed by atoms with van der Waals surface area (Å²) in [4.78, 5) is 25.2. The maximum absolute atomic E-state index is 12.2. The zero-order valence-corrected chi connectivity index (χ0v) is 14.2. The normalized spacial score (nSPS) is 13.3. The van der Waals surface area contributed by atoms with E-state index in [1.54, 1.807) is 0 Å². The summed E-state index contributed by atoms with van der Waals surface area (Å²) >= 11 is 1.49. The summed E-state index contributed by atoms with van der Waals surface area (Å²) in [6, 6.07) is 9.89. The molecule has 0 fully saturated rings. The molecule has 0 saturated heterocycles. The highest BCUT2D eigenvalue weighted by atomic mass is 32.1. The largest absolute Gasteiger partial charge is 0.365 e. The minimum Gasteiger partial charge on any atom is -0.365 e. The van der Waals surface area contributed by atoms with Crippen molar-refractivity contribution in [1.82, 2.24) is 5.32 Å². The van der Waals surface area contributed by atoms with Crippen molar-refractivity contribution in [2.24, 2.45) is 5.73 Å². The average molecular weight is 343 g/mol. The first-order valence-electron chi connectivity index (χ1n) is 8.14. The first kappa shape index (κ1) is 16.7. The molecule has 2 aromatic rings. The lowest BCUT2D eigenvalue weighted by molar-refractivity contribution is -0.115. The van der Waals surface area contributed by atoms with Crippen LogP contribution in [0.5, 0.6) is 0 Å². The first-order chi connectivity index (χ1) is 11.6. The van der Waals surface area contributed by atoms with Crippen molar-refractivity contribution in [1.29, 1.82) is 0 Å². The smallest absolute Gasteiger partial charge is 0.251 e. The number of benzene rings is 1. The molecule has 0 saturated carbocycles. The van der Waals surface area contributed by atoms with E-state index in [4.69, 9.17) is 5.73 Å². The second-order valence-electron chi connectivity index (χ2n) is 5.92. The van der Waals surface area contributed by atoms with Gasteiger partial charge >= 0.3 is 0 Å². The summed E-state index contributed by atoms with van der Waals surface area (Å²) in [7, 11) is 0. The maximum Gasteiger partial charge on any atom is 0.251 e. The lowest BCUT2D eigenvalue weighted by atomic mass is 9.95. The van der Waals surface area contributed by atoms with Crippen LogP contribution in [-0.2, 0) is 24.2 Å². The number of nitrogens with two attached hydrogens (primary N) is 1. The van der Waals surface area contributed by atoms with Gasteiger partial charge in [0.2, 0.25) is 5.91 Å². The predicted octanol–water partition coefficient (Wildman–Crippen LogP) is 2.45. The van der Waals surface area contributed by atoms with Gasteiger partial charge < -0.3 is 16.4 Å². The third-order valence-electron chi connectivity index (χ3n) is 4.13. The third kappa shape index (κ3) is 3.83. The number of anilines is 1. The van der Waals surface area contributed by atoms with Crippen LogP contribution in [0.2, 0.25) is 0 Å². The molecule has 0 atom stereocenters. The highest BCUT2D eigenvalue weighted by Crippen LogP contribution is 2.37. The van der Waals surface area contributed by atoms with Crippen molar-refractivity contribution in [2.45, 2.75) is 32.2 Å². The van der Waals surface area contributed by atoms with E-state index in [0.29, 0.717) is 17.1 Å². The van der Waals surface area contributed by atoms with E-state index in [-0.39, 0.29) is 12.5 Å². The second-order valence-corrected chi connectivity index (χ2v) is 7.02. The minimum absolute atomic E-state index is 0.160. The van der Waals surface area contributed by atoms with Gasteiger partial charge in [-0.25, -0.2) is 0 Å². The van der Waals surface area contributed by atoms with Gasteiger partial charge in [0.05, 0.1) is 12.1 Å². The van der Waals surface area contributed by atoms with Gasteiger partial charge in [0, 0.05) is 11.4 Å². The standard InChI is InChI=1S/C18H21N3O2S/c19-17(23)16-13-8-4-5-9-14(13)24-18(16)21-15(22)11-20-10-12-6-2-1-3-7-12/h1-3,6-7,20H,4-5,8-11H2,(H2,19,23)(H,21,22). The molecule has 1 aliphatic rings. The van der Waals surface area contributed by atoms with E-state index in [0.717, 1.165) is 36.8 Å². The number of amides is 2. The Morgan fingerprint density at radius 1 is 1.12 bits per heavy atom. The van der Waals surface area contributed by atoms with Crippen LogP contribution in [0.25, 0.3) is 0 Å². The maximum atomic E-state index is 12.2. The Bertz CT molecular complexity index is 740. The van der Waals surface area contributed by atoms with Gasteiger partial charge in [-0.05, 0) is 36.8 Å². The Kier molecular flexibility index (Phi) is 5.27. The van der Waals surface area contributed by atoms with Crippen molar-refractivity contribution in [3.05, 3.63) is 51.9 Å². The molecule has 0 radical (unpaired) electrons. The molecular formula is C18H21N3O2S. The lowest BCUT2D eigenvalue weighted by Crippen LogP contribution is -2.28. The second kappa shape index (κ2) is 7.59. The van der Waals surface area contributed by atoms with Crippen LogP contribution in [0.4, 0.5) is 5.00 Å². The molecule has 2 amide bonds. The molecule has 3 rings (SSSR count). The van der Waals surface area contributed by atoms with Crippen molar-refractivity contribution in [2.75, 3.05) is 11.9 Å². The molecule has 5 nitrogen and oxygen atoms in total. The Morgan fingerprint density at radius 2 is 1.88 bits per heavy atom. The summed E-state index contributed by atoms with van der Waals surface area (Å²) in [5.74, 6) is -0.617. The number of carbonyl (C=O) groups excluding carboxylic acids is 2. The zero-order valence-electron chi connectivity index (χ0n) is 13.4. The van der Waals surface area contributed by atoms with Crippen LogP contribution in [0.3, 0.4) is 0 Å². The number of aryl methyl sites for hydroxylation is 1. The Hall–Kier alpha value is -2.18. The van der Waals surface area contributed by atoms with E-state index in [1.807, 2.05) is 30.3 Å². The van der Waals surface area contributed by atoms with Gasteiger partial charge in [-0.15, -0.1) is 11.3 Å². The number of hydrogen-bond donors (Lipinski definition) is 3. The zero-order chi connectivity index (χ0) is 16.9. The van der Waals surface area contributed by atoms with Crippen LogP contribution >= 0.6 is 11.3 Å². The molecule has 0 bridgehead atoms. The van der Waals surface area contributed by atoms with Gasteiger partial charge in [-0.3, -0.25) is 9.59 Å². The van der Waals surface area contributed by atoms with E-state index < -0.39 is 5.91 Å². The van der Waals surface area contributed by atoms with Crippen LogP contribution in [-0.4, -0.2) is 18.4 Å². The molecule has 1 aromatic heterocycles. The predicted molar refractivity (Wildman–Crippen MR) is 96.3 cm³/mol. The molecule has 0 unspecified atom stereocenters. The average Bonchev–Trinajstić information content (AvgIpc) is 2.93. The summed E-state index contributed by atoms with van der Waals surface area (Å²) in [5.41, 5.74) is 8.20. The van der Waals surface area contributed by atoms with Crippen molar-refractivity contribution in [3.8, 4) is 0 Å². The third-order valence-corrected chi connectivity index (χ3v) is 5.34. The van der Waals surface area contributed by atoms with Gasteiger partial charge in [0.1, 0.15) is 5.00 Å². The van der Waals surface area contributed by atoms with Crippen molar-refractivity contribution >= 4 is 28.2 Å². The number of hydrogen-bond acceptors (Lipinski definition) is 4. The molecule has 1 heterocycles. The lowest BCUT2D eigenvalue weighted by Gasteiger charge is -2.11. The van der Waals surface area contributed by atoms with E-state index in [9.17, 15) is 9.59 Å². The fourth-order valence-electron chi connectivity index (χ4n) is 3.00. The fraction of sp³-hybridized carbons (Fsp3) is 0.333. The quantitative estimate of drug-likeness (QED) is 0.753. The number of nitrogens with one attached hydrogen (secondary N) is 2. The number of carbonyl (C=O) groups is 2. The van der Waals surface area contributed by atoms with Crippen molar-refractivity contribution < 1.29 is 9.59 Å². The molecule has 0 spiro atoms. The first-order valence-corrected chi connectivity index (χ1v) is 8.95. The Morgan fingerprint density at radius 3 is 2.62 bits per heavy atom. The summed E-state index contributed by atoms with van der Waals surface area (Å²) < 4.78 is 0. The molecule has 24 heavy (non-hydrogen) atoms. The number of fused-ring (bicyclic) bond motifs is 1. The highest BCUT2D eigenvalue weighted by molar-refractivity contribution is 7.17. The minimum atomic E-state index is -0.457. The molecule has 126 valence electrons. The summed E-state index contributed by atoms with van der Waals surface area (Å²) in [5, 5.41) is 6.56. The van der Waals surface area contributed by atoms with Crippen LogP contribution in [0, 0.1) is 0 Å². The van der Waals surface area contributed by atoms with Crippen molar-refractivity contribution in [3.63, 3.8) is 0 Å². The van der Waals surface area contributed by atoms with E-state index in [2.05, 4.69) is 10.6 Å². The van der Waals surface area contributed by atoms with Gasteiger partial charge in [0.15, 0.2) is 0 Å². The Balaban J connectivity index is 1.62. The monoisotopic (exact) mass is 343 g/mol. The fourth-order valence-corrected chi connectivity index (χ4v) is 4.31. The van der Waals surface area contributed by atoms with Crippen LogP contribution < -0.4 is 16.4 Å². The number of primary amides is 1. The van der Waals surface area contributed by atoms with Crippen LogP contribution in [0.1, 0.15) is 39.2 Å². The van der Waals surface area contributed by atoms with Gasteiger partial charge in [-0.1, -0.05) is 30.3 Å². The molecular weight excluding hydrogens is 322 g/mol. The highest BCUT2D eigenvalue weighted by Gasteiger charge is 2.24. The molecule has 1 aliphatic carbocycles. The van der Waals surface area contributed by atoms with Gasteiger partial charge in [0.25, 0.3) is 5.91 Å². The molecule has 0 aliphatic heterocycles. The van der Waals surface area contributed by atoms with E-state index >= 15 is 0 Å². The topological polar surface area (TPSA) is 84.2 Å². The van der Waals surface area contributed by atoms with Gasteiger partial charge in [-0.2, -0.15) is 0 Å². The summed E-state index contributed by atoms with van der Waals surface area (Å²) in [6.45, 7) is 0.813. The SMILES string of the molecule is NC(=O)c1c(NC(=O)CNCc2ccccc2)sc2c1CCCC2. The molecule has 6 heteroatoms. The molecule has 4 N–H and O–H groups in total. The van der Waals surface area contributed by atoms with E-state index in [1.165, 1.54) is 16.2 Å².